The van der Waals surface area contributed by atoms with Gasteiger partial charge in [-0.25, -0.2) is 9.78 Å². The molecule has 0 aliphatic carbocycles. The fourth-order valence-electron chi connectivity index (χ4n) is 1.41. The van der Waals surface area contributed by atoms with Crippen molar-refractivity contribution in [3.8, 4) is 5.75 Å². The zero-order chi connectivity index (χ0) is 14.7. The number of benzene rings is 1. The molecule has 8 heteroatoms. The van der Waals surface area contributed by atoms with Crippen LogP contribution in [-0.2, 0) is 0 Å². The van der Waals surface area contributed by atoms with Crippen LogP contribution in [0, 0.1) is 10.1 Å². The number of nitrogens with two attached hydrogens (primary N) is 1. The van der Waals surface area contributed by atoms with Crippen LogP contribution >= 0.6 is 11.6 Å². The van der Waals surface area contributed by atoms with Crippen LogP contribution in [0.25, 0.3) is 0 Å². The number of carbonyl (C=O) groups excluding carboxylic acids is 1. The monoisotopic (exact) mass is 293 g/mol. The maximum Gasteiger partial charge on any atom is 0.345 e. The third-order valence-corrected chi connectivity index (χ3v) is 2.60. The fourth-order valence-corrected chi connectivity index (χ4v) is 1.52. The maximum absolute atomic E-state index is 11.8. The molecule has 1 aromatic carbocycles. The Morgan fingerprint density at radius 2 is 2.10 bits per heavy atom. The van der Waals surface area contributed by atoms with Crippen LogP contribution in [0.1, 0.15) is 10.4 Å². The molecular formula is C12H8ClN3O4. The van der Waals surface area contributed by atoms with Gasteiger partial charge in [-0.3, -0.25) is 10.1 Å². The van der Waals surface area contributed by atoms with Gasteiger partial charge in [0.2, 0.25) is 0 Å². The zero-order valence-electron chi connectivity index (χ0n) is 9.95. The molecule has 20 heavy (non-hydrogen) atoms. The number of ether oxygens (including phenoxy) is 1. The highest BCUT2D eigenvalue weighted by molar-refractivity contribution is 6.29. The minimum atomic E-state index is -0.701. The maximum atomic E-state index is 11.8. The van der Waals surface area contributed by atoms with Crippen molar-refractivity contribution < 1.29 is 14.5 Å². The van der Waals surface area contributed by atoms with E-state index in [-0.39, 0.29) is 27.8 Å². The van der Waals surface area contributed by atoms with E-state index >= 15 is 0 Å². The van der Waals surface area contributed by atoms with Gasteiger partial charge in [-0.05, 0) is 24.3 Å². The number of nitrogens with zero attached hydrogens (tertiary/aromatic N) is 2. The van der Waals surface area contributed by atoms with Crippen LogP contribution in [0.2, 0.25) is 5.15 Å². The molecule has 102 valence electrons. The van der Waals surface area contributed by atoms with Crippen molar-refractivity contribution >= 4 is 28.9 Å². The summed E-state index contributed by atoms with van der Waals surface area (Å²) in [4.78, 5) is 25.6. The van der Waals surface area contributed by atoms with Crippen molar-refractivity contribution in [1.29, 1.82) is 0 Å². The number of aromatic nitrogens is 1. The SMILES string of the molecule is Nc1ccc(OC(=O)c2ccc(Cl)nc2)cc1[N+](=O)[O-]. The Hall–Kier alpha value is -2.67. The summed E-state index contributed by atoms with van der Waals surface area (Å²) in [5.41, 5.74) is 5.28. The molecule has 0 spiro atoms. The van der Waals surface area contributed by atoms with Gasteiger partial charge < -0.3 is 10.5 Å². The summed E-state index contributed by atoms with van der Waals surface area (Å²) < 4.78 is 5.00. The lowest BCUT2D eigenvalue weighted by Gasteiger charge is -2.05. The molecule has 0 fully saturated rings. The number of nitro groups is 1. The number of anilines is 1. The molecule has 0 saturated heterocycles. The first-order valence-electron chi connectivity index (χ1n) is 5.35. The van der Waals surface area contributed by atoms with Gasteiger partial charge in [0.05, 0.1) is 16.6 Å². The van der Waals surface area contributed by atoms with Gasteiger partial charge in [0.1, 0.15) is 16.6 Å². The van der Waals surface area contributed by atoms with E-state index in [1.807, 2.05) is 0 Å². The quantitative estimate of drug-likeness (QED) is 0.232. The molecule has 0 aliphatic rings. The number of carbonyl (C=O) groups is 1. The molecule has 0 saturated carbocycles. The van der Waals surface area contributed by atoms with E-state index in [1.54, 1.807) is 0 Å². The van der Waals surface area contributed by atoms with Gasteiger partial charge in [0.15, 0.2) is 0 Å². The van der Waals surface area contributed by atoms with Crippen LogP contribution in [0.4, 0.5) is 11.4 Å². The fraction of sp³-hybridized carbons (Fsp3) is 0. The van der Waals surface area contributed by atoms with Crippen LogP contribution in [0.5, 0.6) is 5.75 Å². The minimum absolute atomic E-state index is 0.0111. The predicted molar refractivity (Wildman–Crippen MR) is 71.7 cm³/mol. The van der Waals surface area contributed by atoms with Gasteiger partial charge in [0.25, 0.3) is 5.69 Å². The average Bonchev–Trinajstić information content (AvgIpc) is 2.41. The number of esters is 1. The van der Waals surface area contributed by atoms with E-state index in [1.165, 1.54) is 30.5 Å². The molecule has 0 amide bonds. The van der Waals surface area contributed by atoms with E-state index in [0.29, 0.717) is 0 Å². The Bertz CT molecular complexity index is 673. The molecule has 0 radical (unpaired) electrons. The third-order valence-electron chi connectivity index (χ3n) is 2.37. The molecule has 7 nitrogen and oxygen atoms in total. The molecule has 0 atom stereocenters. The molecule has 2 aromatic rings. The molecule has 1 aromatic heterocycles. The summed E-state index contributed by atoms with van der Waals surface area (Å²) in [5, 5.41) is 11.0. The van der Waals surface area contributed by atoms with Gasteiger partial charge in [-0.1, -0.05) is 11.6 Å². The van der Waals surface area contributed by atoms with E-state index in [2.05, 4.69) is 4.98 Å². The lowest BCUT2D eigenvalue weighted by atomic mass is 10.2. The number of nitrogen functional groups attached to an aromatic ring is 1. The van der Waals surface area contributed by atoms with Crippen LogP contribution in [-0.4, -0.2) is 15.9 Å². The lowest BCUT2D eigenvalue weighted by Crippen LogP contribution is -2.09. The van der Waals surface area contributed by atoms with Crippen LogP contribution < -0.4 is 10.5 Å². The lowest BCUT2D eigenvalue weighted by molar-refractivity contribution is -0.383. The van der Waals surface area contributed by atoms with Gasteiger partial charge >= 0.3 is 5.97 Å². The minimum Gasteiger partial charge on any atom is -0.423 e. The second kappa shape index (κ2) is 5.54. The van der Waals surface area contributed by atoms with Crippen LogP contribution in [0.3, 0.4) is 0 Å². The number of hydrogen-bond donors (Lipinski definition) is 1. The Morgan fingerprint density at radius 3 is 2.70 bits per heavy atom. The predicted octanol–water partition coefficient (Wildman–Crippen LogP) is 2.44. The normalized spacial score (nSPS) is 10.1. The van der Waals surface area contributed by atoms with Crippen molar-refractivity contribution in [1.82, 2.24) is 4.98 Å². The first-order valence-corrected chi connectivity index (χ1v) is 5.73. The molecule has 0 aliphatic heterocycles. The van der Waals surface area contributed by atoms with Crippen molar-refractivity contribution in [2.75, 3.05) is 5.73 Å². The third kappa shape index (κ3) is 3.01. The van der Waals surface area contributed by atoms with Gasteiger partial charge in [0, 0.05) is 6.20 Å². The highest BCUT2D eigenvalue weighted by atomic mass is 35.5. The van der Waals surface area contributed by atoms with Gasteiger partial charge in [-0.15, -0.1) is 0 Å². The van der Waals surface area contributed by atoms with Crippen molar-refractivity contribution in [2.24, 2.45) is 0 Å². The van der Waals surface area contributed by atoms with E-state index in [0.717, 1.165) is 6.07 Å². The Morgan fingerprint density at radius 1 is 1.35 bits per heavy atom. The largest absolute Gasteiger partial charge is 0.423 e. The summed E-state index contributed by atoms with van der Waals surface area (Å²) >= 11 is 5.60. The second-order valence-electron chi connectivity index (χ2n) is 3.74. The molecule has 0 bridgehead atoms. The first kappa shape index (κ1) is 13.8. The first-order chi connectivity index (χ1) is 9.47. The highest BCUT2D eigenvalue weighted by Gasteiger charge is 2.15. The number of pyridine rings is 1. The molecule has 1 heterocycles. The summed E-state index contributed by atoms with van der Waals surface area (Å²) in [6.07, 6.45) is 1.25. The summed E-state index contributed by atoms with van der Waals surface area (Å²) in [5.74, 6) is -0.681. The van der Waals surface area contributed by atoms with Gasteiger partial charge in [-0.2, -0.15) is 0 Å². The zero-order valence-corrected chi connectivity index (χ0v) is 10.7. The summed E-state index contributed by atoms with van der Waals surface area (Å²) in [7, 11) is 0. The Kier molecular flexibility index (Phi) is 3.81. The Labute approximate surface area is 118 Å². The number of halogens is 1. The Balaban J connectivity index is 2.21. The standard InChI is InChI=1S/C12H8ClN3O4/c13-11-4-1-7(6-15-11)12(17)20-8-2-3-9(14)10(5-8)16(18)19/h1-6H,14H2. The van der Waals surface area contributed by atoms with E-state index in [9.17, 15) is 14.9 Å². The van der Waals surface area contributed by atoms with Crippen molar-refractivity contribution in [2.45, 2.75) is 0 Å². The molecule has 2 rings (SSSR count). The summed E-state index contributed by atoms with van der Waals surface area (Å²) in [6.45, 7) is 0. The molecular weight excluding hydrogens is 286 g/mol. The van der Waals surface area contributed by atoms with E-state index in [4.69, 9.17) is 22.1 Å². The highest BCUT2D eigenvalue weighted by Crippen LogP contribution is 2.26. The molecule has 2 N–H and O–H groups in total. The van der Waals surface area contributed by atoms with Crippen molar-refractivity contribution in [3.63, 3.8) is 0 Å². The van der Waals surface area contributed by atoms with Crippen LogP contribution in [0.15, 0.2) is 36.5 Å². The summed E-state index contributed by atoms with van der Waals surface area (Å²) in [6, 6.07) is 6.61. The average molecular weight is 294 g/mol. The molecule has 0 unspecified atom stereocenters. The number of hydrogen-bond acceptors (Lipinski definition) is 6. The van der Waals surface area contributed by atoms with E-state index < -0.39 is 10.9 Å². The second-order valence-corrected chi connectivity index (χ2v) is 4.12. The smallest absolute Gasteiger partial charge is 0.345 e. The topological polar surface area (TPSA) is 108 Å². The van der Waals surface area contributed by atoms with Crippen molar-refractivity contribution in [3.05, 3.63) is 57.4 Å². The number of rotatable bonds is 3. The number of nitro benzene ring substituents is 1.